The fourth-order valence-corrected chi connectivity index (χ4v) is 4.77. The number of fused-ring (bicyclic) bond motifs is 2. The molecular formula is C22H25N5O2. The number of H-pyrrole nitrogens is 1. The van der Waals surface area contributed by atoms with E-state index in [1.54, 1.807) is 17.2 Å². The van der Waals surface area contributed by atoms with E-state index in [9.17, 15) is 9.59 Å². The van der Waals surface area contributed by atoms with Crippen molar-refractivity contribution in [3.05, 3.63) is 58.7 Å². The van der Waals surface area contributed by atoms with E-state index in [-0.39, 0.29) is 17.4 Å². The number of para-hydroxylation sites is 1. The van der Waals surface area contributed by atoms with E-state index in [0.29, 0.717) is 24.4 Å². The highest BCUT2D eigenvalue weighted by atomic mass is 16.2. The number of nitrogens with one attached hydrogen (secondary N) is 1. The van der Waals surface area contributed by atoms with Crippen LogP contribution in [-0.2, 0) is 24.3 Å². The average molecular weight is 391 g/mol. The van der Waals surface area contributed by atoms with Crippen LogP contribution < -0.4 is 5.56 Å². The van der Waals surface area contributed by atoms with Crippen molar-refractivity contribution >= 4 is 16.8 Å². The van der Waals surface area contributed by atoms with E-state index in [2.05, 4.69) is 15.0 Å². The summed E-state index contributed by atoms with van der Waals surface area (Å²) < 4.78 is 1.74. The van der Waals surface area contributed by atoms with Crippen molar-refractivity contribution in [1.29, 1.82) is 0 Å². The molecule has 1 amide bonds. The molecule has 1 saturated carbocycles. The standard InChI is InChI=1S/C22H25N5O2/c28-21(26-10-9-19-20(12-26)24-13-23-19)16-7-5-15(6-8-16)11-27-14-25-18-4-2-1-3-17(18)22(27)29/h1-4,13-16H,5-12H2,(H,23,24). The molecule has 0 bridgehead atoms. The number of aromatic nitrogens is 4. The number of nitrogens with zero attached hydrogens (tertiary/aromatic N) is 4. The van der Waals surface area contributed by atoms with Gasteiger partial charge in [-0.15, -0.1) is 0 Å². The fraction of sp³-hybridized carbons (Fsp3) is 0.455. The molecule has 150 valence electrons. The molecule has 0 unspecified atom stereocenters. The molecule has 0 radical (unpaired) electrons. The Morgan fingerprint density at radius 3 is 2.83 bits per heavy atom. The van der Waals surface area contributed by atoms with Crippen molar-refractivity contribution in [2.75, 3.05) is 6.54 Å². The number of aromatic amines is 1. The Kier molecular flexibility index (Phi) is 4.66. The molecule has 3 heterocycles. The van der Waals surface area contributed by atoms with Gasteiger partial charge in [-0.25, -0.2) is 9.97 Å². The van der Waals surface area contributed by atoms with E-state index >= 15 is 0 Å². The summed E-state index contributed by atoms with van der Waals surface area (Å²) in [6.45, 7) is 2.08. The highest BCUT2D eigenvalue weighted by Gasteiger charge is 2.31. The first-order chi connectivity index (χ1) is 14.2. The van der Waals surface area contributed by atoms with E-state index in [1.807, 2.05) is 29.2 Å². The van der Waals surface area contributed by atoms with Crippen LogP contribution in [0.2, 0.25) is 0 Å². The largest absolute Gasteiger partial charge is 0.347 e. The van der Waals surface area contributed by atoms with Gasteiger partial charge in [-0.1, -0.05) is 12.1 Å². The molecule has 7 nitrogen and oxygen atoms in total. The zero-order chi connectivity index (χ0) is 19.8. The van der Waals surface area contributed by atoms with Crippen LogP contribution in [0, 0.1) is 11.8 Å². The van der Waals surface area contributed by atoms with Crippen LogP contribution in [0.3, 0.4) is 0 Å². The first-order valence-electron chi connectivity index (χ1n) is 10.4. The Balaban J connectivity index is 1.20. The third-order valence-corrected chi connectivity index (χ3v) is 6.47. The molecule has 0 spiro atoms. The summed E-state index contributed by atoms with van der Waals surface area (Å²) in [7, 11) is 0. The lowest BCUT2D eigenvalue weighted by atomic mass is 9.81. The van der Waals surface area contributed by atoms with Crippen molar-refractivity contribution in [3.8, 4) is 0 Å². The van der Waals surface area contributed by atoms with E-state index in [4.69, 9.17) is 0 Å². The summed E-state index contributed by atoms with van der Waals surface area (Å²) in [5, 5.41) is 0.669. The number of carbonyl (C=O) groups excluding carboxylic acids is 1. The summed E-state index contributed by atoms with van der Waals surface area (Å²) in [5.74, 6) is 0.788. The van der Waals surface area contributed by atoms with Gasteiger partial charge in [-0.3, -0.25) is 14.2 Å². The number of carbonyl (C=O) groups is 1. The van der Waals surface area contributed by atoms with Gasteiger partial charge in [0.15, 0.2) is 0 Å². The van der Waals surface area contributed by atoms with Crippen molar-refractivity contribution < 1.29 is 4.79 Å². The Hall–Kier alpha value is -2.96. The van der Waals surface area contributed by atoms with Gasteiger partial charge in [-0.2, -0.15) is 0 Å². The normalized spacial score (nSPS) is 21.9. The molecule has 3 aromatic rings. The van der Waals surface area contributed by atoms with Gasteiger partial charge in [-0.05, 0) is 43.7 Å². The lowest BCUT2D eigenvalue weighted by Gasteiger charge is -2.33. The predicted octanol–water partition coefficient (Wildman–Crippen LogP) is 2.51. The highest BCUT2D eigenvalue weighted by molar-refractivity contribution is 5.79. The average Bonchev–Trinajstić information content (AvgIpc) is 3.24. The van der Waals surface area contributed by atoms with Crippen LogP contribution in [0.4, 0.5) is 0 Å². The third-order valence-electron chi connectivity index (χ3n) is 6.47. The molecule has 0 atom stereocenters. The zero-order valence-electron chi connectivity index (χ0n) is 16.4. The maximum absolute atomic E-state index is 13.0. The SMILES string of the molecule is O=C(C1CCC(Cn2cnc3ccccc3c2=O)CC1)N1CCc2nc[nH]c2C1. The van der Waals surface area contributed by atoms with Crippen molar-refractivity contribution in [3.63, 3.8) is 0 Å². The molecule has 1 fully saturated rings. The van der Waals surface area contributed by atoms with E-state index < -0.39 is 0 Å². The van der Waals surface area contributed by atoms with Crippen LogP contribution >= 0.6 is 0 Å². The Morgan fingerprint density at radius 2 is 1.97 bits per heavy atom. The number of imidazole rings is 1. The van der Waals surface area contributed by atoms with E-state index in [1.165, 1.54) is 0 Å². The molecule has 1 aliphatic carbocycles. The van der Waals surface area contributed by atoms with Gasteiger partial charge in [0.1, 0.15) is 0 Å². The smallest absolute Gasteiger partial charge is 0.261 e. The highest BCUT2D eigenvalue weighted by Crippen LogP contribution is 2.32. The Bertz CT molecular complexity index is 1090. The second-order valence-corrected chi connectivity index (χ2v) is 8.27. The topological polar surface area (TPSA) is 83.9 Å². The number of hydrogen-bond acceptors (Lipinski definition) is 4. The maximum atomic E-state index is 13.0. The maximum Gasteiger partial charge on any atom is 0.261 e. The minimum absolute atomic E-state index is 0.0254. The predicted molar refractivity (Wildman–Crippen MR) is 109 cm³/mol. The van der Waals surface area contributed by atoms with Crippen LogP contribution in [0.15, 0.2) is 41.7 Å². The summed E-state index contributed by atoms with van der Waals surface area (Å²) >= 11 is 0. The number of hydrogen-bond donors (Lipinski definition) is 1. The quantitative estimate of drug-likeness (QED) is 0.744. The van der Waals surface area contributed by atoms with Crippen molar-refractivity contribution in [2.45, 2.75) is 45.2 Å². The van der Waals surface area contributed by atoms with Gasteiger partial charge in [0.25, 0.3) is 5.56 Å². The summed E-state index contributed by atoms with van der Waals surface area (Å²) in [6, 6.07) is 7.47. The van der Waals surface area contributed by atoms with Crippen molar-refractivity contribution in [2.24, 2.45) is 11.8 Å². The Morgan fingerprint density at radius 1 is 1.14 bits per heavy atom. The lowest BCUT2D eigenvalue weighted by molar-refractivity contribution is -0.137. The first-order valence-corrected chi connectivity index (χ1v) is 10.4. The number of benzene rings is 1. The van der Waals surface area contributed by atoms with Gasteiger partial charge < -0.3 is 9.88 Å². The Labute approximate surface area is 168 Å². The molecule has 0 saturated heterocycles. The van der Waals surface area contributed by atoms with Crippen LogP contribution in [0.1, 0.15) is 37.1 Å². The molecule has 2 aromatic heterocycles. The second kappa shape index (κ2) is 7.46. The van der Waals surface area contributed by atoms with Crippen LogP contribution in [0.25, 0.3) is 10.9 Å². The van der Waals surface area contributed by atoms with Gasteiger partial charge >= 0.3 is 0 Å². The minimum Gasteiger partial charge on any atom is -0.347 e. The number of amides is 1. The summed E-state index contributed by atoms with van der Waals surface area (Å²) in [6.07, 6.45) is 7.94. The summed E-state index contributed by atoms with van der Waals surface area (Å²) in [5.41, 5.74) is 2.93. The fourth-order valence-electron chi connectivity index (χ4n) is 4.77. The molecule has 1 aliphatic heterocycles. The first kappa shape index (κ1) is 18.1. The third kappa shape index (κ3) is 3.45. The molecule has 2 aliphatic rings. The minimum atomic E-state index is 0.0254. The molecule has 5 rings (SSSR count). The number of rotatable bonds is 3. The van der Waals surface area contributed by atoms with Gasteiger partial charge in [0.2, 0.25) is 5.91 Å². The molecule has 1 aromatic carbocycles. The zero-order valence-corrected chi connectivity index (χ0v) is 16.4. The second-order valence-electron chi connectivity index (χ2n) is 8.27. The lowest BCUT2D eigenvalue weighted by Crippen LogP contribution is -2.41. The van der Waals surface area contributed by atoms with Crippen molar-refractivity contribution in [1.82, 2.24) is 24.4 Å². The molecule has 1 N–H and O–H groups in total. The molecule has 7 heteroatoms. The molecule has 29 heavy (non-hydrogen) atoms. The van der Waals surface area contributed by atoms with E-state index in [0.717, 1.165) is 55.6 Å². The van der Waals surface area contributed by atoms with Gasteiger partial charge in [0, 0.05) is 25.4 Å². The molecular weight excluding hydrogens is 366 g/mol. The van der Waals surface area contributed by atoms with Crippen LogP contribution in [-0.4, -0.2) is 36.9 Å². The monoisotopic (exact) mass is 391 g/mol. The summed E-state index contributed by atoms with van der Waals surface area (Å²) in [4.78, 5) is 39.6. The van der Waals surface area contributed by atoms with Gasteiger partial charge in [0.05, 0.1) is 41.5 Å². The van der Waals surface area contributed by atoms with Crippen LogP contribution in [0.5, 0.6) is 0 Å².